The van der Waals surface area contributed by atoms with Crippen LogP contribution in [0.4, 0.5) is 13.2 Å². The summed E-state index contributed by atoms with van der Waals surface area (Å²) >= 11 is 6.04. The lowest BCUT2D eigenvalue weighted by molar-refractivity contribution is -0.274. The summed E-state index contributed by atoms with van der Waals surface area (Å²) in [6.07, 6.45) is -2.97. The highest BCUT2D eigenvalue weighted by Crippen LogP contribution is 2.32. The Morgan fingerprint density at radius 2 is 1.47 bits per heavy atom. The number of benzene rings is 4. The molecule has 0 atom stereocenters. The average Bonchev–Trinajstić information content (AvgIpc) is 2.78. The van der Waals surface area contributed by atoms with Crippen LogP contribution in [0.3, 0.4) is 0 Å². The van der Waals surface area contributed by atoms with E-state index in [1.54, 1.807) is 12.1 Å². The smallest absolute Gasteiger partial charge is 0.406 e. The molecule has 0 spiro atoms. The minimum Gasteiger partial charge on any atom is -0.406 e. The van der Waals surface area contributed by atoms with Gasteiger partial charge in [-0.05, 0) is 83.2 Å². The summed E-state index contributed by atoms with van der Waals surface area (Å²) in [5, 5.41) is 6.37. The quantitative estimate of drug-likeness (QED) is 0.246. The number of hydrogen-bond donors (Lipinski definition) is 1. The van der Waals surface area contributed by atoms with E-state index in [-0.39, 0.29) is 18.2 Å². The Labute approximate surface area is 208 Å². The van der Waals surface area contributed by atoms with Gasteiger partial charge in [0.25, 0.3) is 0 Å². The number of rotatable bonds is 8. The molecule has 0 aromatic heterocycles. The van der Waals surface area contributed by atoms with Gasteiger partial charge in [-0.1, -0.05) is 72.3 Å². The van der Waals surface area contributed by atoms with Crippen LogP contribution >= 0.6 is 24.0 Å². The second-order valence-electron chi connectivity index (χ2n) is 7.82. The van der Waals surface area contributed by atoms with Gasteiger partial charge in [0.05, 0.1) is 0 Å². The van der Waals surface area contributed by atoms with Crippen LogP contribution in [-0.2, 0) is 12.8 Å². The van der Waals surface area contributed by atoms with E-state index in [1.807, 2.05) is 36.4 Å². The van der Waals surface area contributed by atoms with Gasteiger partial charge in [-0.2, -0.15) is 0 Å². The maximum Gasteiger partial charge on any atom is 0.573 e. The van der Waals surface area contributed by atoms with Gasteiger partial charge in [0.2, 0.25) is 0 Å². The molecule has 4 rings (SSSR count). The fourth-order valence-corrected chi connectivity index (χ4v) is 4.09. The van der Waals surface area contributed by atoms with Crippen molar-refractivity contribution in [2.45, 2.75) is 19.2 Å². The molecule has 1 N–H and O–H groups in total. The van der Waals surface area contributed by atoms with Crippen LogP contribution in [0, 0.1) is 0 Å². The third kappa shape index (κ3) is 7.13. The molecule has 0 unspecified atom stereocenters. The van der Waals surface area contributed by atoms with Crippen LogP contribution in [-0.4, -0.2) is 19.5 Å². The maximum atomic E-state index is 12.5. The molecule has 34 heavy (non-hydrogen) atoms. The molecule has 0 fully saturated rings. The van der Waals surface area contributed by atoms with E-state index in [9.17, 15) is 13.2 Å². The minimum atomic E-state index is -4.70. The standard InChI is InChI=1S/C27H23ClF3NO.ClH/c28-23-6-3-4-19(17-23)12-14-32-15-13-20-16-22-5-1-2-7-25(22)26(18-20)21-8-10-24(11-9-21)33-27(29,30)31;/h1-11,16-18,32H,12-15H2;1H. The van der Waals surface area contributed by atoms with Crippen LogP contribution in [0.25, 0.3) is 21.9 Å². The van der Waals surface area contributed by atoms with E-state index in [0.29, 0.717) is 0 Å². The first-order valence-corrected chi connectivity index (χ1v) is 11.1. The number of halogens is 5. The molecule has 4 aromatic rings. The van der Waals surface area contributed by atoms with Crippen molar-refractivity contribution in [3.63, 3.8) is 0 Å². The molecular formula is C27H24Cl2F3NO. The Hall–Kier alpha value is -2.73. The number of nitrogens with one attached hydrogen (secondary N) is 1. The van der Waals surface area contributed by atoms with E-state index in [0.717, 1.165) is 58.4 Å². The van der Waals surface area contributed by atoms with Crippen LogP contribution < -0.4 is 10.1 Å². The highest BCUT2D eigenvalue weighted by Gasteiger charge is 2.31. The van der Waals surface area contributed by atoms with Crippen molar-refractivity contribution in [1.29, 1.82) is 0 Å². The molecule has 0 aliphatic carbocycles. The van der Waals surface area contributed by atoms with Crippen molar-refractivity contribution in [2.75, 3.05) is 13.1 Å². The molecular weight excluding hydrogens is 482 g/mol. The zero-order chi connectivity index (χ0) is 23.3. The third-order valence-electron chi connectivity index (χ3n) is 5.39. The fraction of sp³-hybridized carbons (Fsp3) is 0.185. The molecule has 0 aliphatic heterocycles. The van der Waals surface area contributed by atoms with Crippen LogP contribution in [0.1, 0.15) is 11.1 Å². The molecule has 0 radical (unpaired) electrons. The minimum absolute atomic E-state index is 0. The summed E-state index contributed by atoms with van der Waals surface area (Å²) in [6, 6.07) is 26.2. The first-order chi connectivity index (χ1) is 15.9. The molecule has 0 bridgehead atoms. The monoisotopic (exact) mass is 505 g/mol. The van der Waals surface area contributed by atoms with Gasteiger partial charge < -0.3 is 10.1 Å². The molecule has 2 nitrogen and oxygen atoms in total. The SMILES string of the molecule is Cl.FC(F)(F)Oc1ccc(-c2cc(CCNCCc3cccc(Cl)c3)cc3ccccc23)cc1. The second-order valence-corrected chi connectivity index (χ2v) is 8.25. The number of hydrogen-bond acceptors (Lipinski definition) is 2. The molecule has 4 aromatic carbocycles. The summed E-state index contributed by atoms with van der Waals surface area (Å²) in [5.74, 6) is -0.226. The van der Waals surface area contributed by atoms with E-state index in [4.69, 9.17) is 11.6 Å². The number of ether oxygens (including phenoxy) is 1. The lowest BCUT2D eigenvalue weighted by Gasteiger charge is -2.13. The van der Waals surface area contributed by atoms with Gasteiger partial charge in [-0.3, -0.25) is 0 Å². The molecule has 0 aliphatic rings. The van der Waals surface area contributed by atoms with Crippen molar-refractivity contribution in [1.82, 2.24) is 5.32 Å². The Bertz CT molecular complexity index is 1230. The van der Waals surface area contributed by atoms with Crippen LogP contribution in [0.2, 0.25) is 5.02 Å². The first-order valence-electron chi connectivity index (χ1n) is 10.7. The molecule has 0 saturated carbocycles. The first kappa shape index (κ1) is 25.9. The van der Waals surface area contributed by atoms with Crippen molar-refractivity contribution in [3.8, 4) is 16.9 Å². The zero-order valence-corrected chi connectivity index (χ0v) is 19.8. The lowest BCUT2D eigenvalue weighted by Crippen LogP contribution is -2.20. The Morgan fingerprint density at radius 1 is 0.765 bits per heavy atom. The summed E-state index contributed by atoms with van der Waals surface area (Å²) < 4.78 is 41.4. The summed E-state index contributed by atoms with van der Waals surface area (Å²) in [6.45, 7) is 1.66. The van der Waals surface area contributed by atoms with E-state index >= 15 is 0 Å². The van der Waals surface area contributed by atoms with Gasteiger partial charge in [-0.25, -0.2) is 0 Å². The number of alkyl halides is 3. The fourth-order valence-electron chi connectivity index (χ4n) is 3.87. The maximum absolute atomic E-state index is 12.5. The predicted molar refractivity (Wildman–Crippen MR) is 135 cm³/mol. The molecule has 0 amide bonds. The molecule has 7 heteroatoms. The topological polar surface area (TPSA) is 21.3 Å². The molecule has 0 saturated heterocycles. The van der Waals surface area contributed by atoms with Crippen molar-refractivity contribution in [2.24, 2.45) is 0 Å². The third-order valence-corrected chi connectivity index (χ3v) is 5.63. The van der Waals surface area contributed by atoms with Gasteiger partial charge >= 0.3 is 6.36 Å². The highest BCUT2D eigenvalue weighted by atomic mass is 35.5. The van der Waals surface area contributed by atoms with Crippen molar-refractivity contribution >= 4 is 34.8 Å². The summed E-state index contributed by atoms with van der Waals surface area (Å²) in [5.41, 5.74) is 4.19. The van der Waals surface area contributed by atoms with Crippen LogP contribution in [0.5, 0.6) is 5.75 Å². The van der Waals surface area contributed by atoms with Crippen molar-refractivity contribution in [3.05, 3.63) is 101 Å². The summed E-state index contributed by atoms with van der Waals surface area (Å²) in [7, 11) is 0. The predicted octanol–water partition coefficient (Wildman–Crippen LogP) is 7.86. The van der Waals surface area contributed by atoms with Crippen LogP contribution in [0.15, 0.2) is 84.9 Å². The lowest BCUT2D eigenvalue weighted by atomic mass is 9.94. The summed E-state index contributed by atoms with van der Waals surface area (Å²) in [4.78, 5) is 0. The largest absolute Gasteiger partial charge is 0.573 e. The van der Waals surface area contributed by atoms with E-state index < -0.39 is 6.36 Å². The highest BCUT2D eigenvalue weighted by molar-refractivity contribution is 6.30. The molecule has 178 valence electrons. The normalized spacial score (nSPS) is 11.3. The van der Waals surface area contributed by atoms with E-state index in [2.05, 4.69) is 34.3 Å². The zero-order valence-electron chi connectivity index (χ0n) is 18.2. The van der Waals surface area contributed by atoms with Gasteiger partial charge in [0.15, 0.2) is 0 Å². The van der Waals surface area contributed by atoms with Gasteiger partial charge in [0, 0.05) is 5.02 Å². The number of fused-ring (bicyclic) bond motifs is 1. The Morgan fingerprint density at radius 3 is 2.18 bits per heavy atom. The second kappa shape index (κ2) is 11.6. The van der Waals surface area contributed by atoms with E-state index in [1.165, 1.54) is 17.7 Å². The molecule has 0 heterocycles. The Balaban J connectivity index is 0.00000324. The van der Waals surface area contributed by atoms with Gasteiger partial charge in [0.1, 0.15) is 5.75 Å². The average molecular weight is 506 g/mol. The Kier molecular flexibility index (Phi) is 8.84. The van der Waals surface area contributed by atoms with Gasteiger partial charge in [-0.15, -0.1) is 25.6 Å². The van der Waals surface area contributed by atoms with Crippen molar-refractivity contribution < 1.29 is 17.9 Å².